The first-order chi connectivity index (χ1) is 14.0. The highest BCUT2D eigenvalue weighted by Crippen LogP contribution is 2.38. The number of sulfonamides is 1. The third-order valence-electron chi connectivity index (χ3n) is 5.14. The van der Waals surface area contributed by atoms with Crippen LogP contribution in [0.4, 0.5) is 0 Å². The van der Waals surface area contributed by atoms with Crippen LogP contribution >= 0.6 is 0 Å². The number of aryl methyl sites for hydroxylation is 1. The van der Waals surface area contributed by atoms with E-state index in [1.165, 1.54) is 11.1 Å². The maximum absolute atomic E-state index is 12.6. The average molecular weight is 410 g/mol. The number of benzene rings is 3. The first-order valence-corrected chi connectivity index (χ1v) is 11.0. The summed E-state index contributed by atoms with van der Waals surface area (Å²) in [6, 6.07) is 22.5. The Morgan fingerprint density at radius 3 is 2.45 bits per heavy atom. The minimum atomic E-state index is -3.53. The van der Waals surface area contributed by atoms with Crippen LogP contribution in [0.3, 0.4) is 0 Å². The largest absolute Gasteiger partial charge is 0.454 e. The lowest BCUT2D eigenvalue weighted by Gasteiger charge is -2.21. The fourth-order valence-electron chi connectivity index (χ4n) is 3.63. The van der Waals surface area contributed by atoms with E-state index < -0.39 is 10.0 Å². The van der Waals surface area contributed by atoms with Crippen LogP contribution in [0.2, 0.25) is 0 Å². The SMILES string of the molecule is Cc1ccccc1C(CCNS(=O)(=O)c1ccccc1)c1ccc2c(c1)OCO2. The molecule has 1 heterocycles. The second-order valence-electron chi connectivity index (χ2n) is 7.02. The van der Waals surface area contributed by atoms with Crippen molar-refractivity contribution in [3.05, 3.63) is 89.5 Å². The maximum Gasteiger partial charge on any atom is 0.240 e. The number of fused-ring (bicyclic) bond motifs is 1. The lowest BCUT2D eigenvalue weighted by Crippen LogP contribution is -2.26. The zero-order valence-corrected chi connectivity index (χ0v) is 17.0. The molecule has 1 aliphatic rings. The summed E-state index contributed by atoms with van der Waals surface area (Å²) in [4.78, 5) is 0.274. The molecule has 3 aromatic carbocycles. The lowest BCUT2D eigenvalue weighted by molar-refractivity contribution is 0.174. The van der Waals surface area contributed by atoms with Crippen LogP contribution in [0.25, 0.3) is 0 Å². The molecule has 0 saturated heterocycles. The molecule has 5 nitrogen and oxygen atoms in total. The van der Waals surface area contributed by atoms with Crippen LogP contribution in [0, 0.1) is 6.92 Å². The molecule has 1 N–H and O–H groups in total. The van der Waals surface area contributed by atoms with Crippen molar-refractivity contribution in [1.29, 1.82) is 0 Å². The third kappa shape index (κ3) is 4.28. The van der Waals surface area contributed by atoms with Gasteiger partial charge in [-0.3, -0.25) is 0 Å². The summed E-state index contributed by atoms with van der Waals surface area (Å²) in [7, 11) is -3.53. The Morgan fingerprint density at radius 1 is 0.931 bits per heavy atom. The molecule has 0 saturated carbocycles. The normalized spacial score (nSPS) is 14.0. The molecule has 0 fully saturated rings. The van der Waals surface area contributed by atoms with E-state index in [2.05, 4.69) is 23.8 Å². The number of nitrogens with one attached hydrogen (secondary N) is 1. The number of hydrogen-bond acceptors (Lipinski definition) is 4. The minimum Gasteiger partial charge on any atom is -0.454 e. The van der Waals surface area contributed by atoms with Gasteiger partial charge in [0.05, 0.1) is 4.90 Å². The summed E-state index contributed by atoms with van der Waals surface area (Å²) in [5, 5.41) is 0. The Bertz CT molecular complexity index is 1100. The third-order valence-corrected chi connectivity index (χ3v) is 6.62. The fourth-order valence-corrected chi connectivity index (χ4v) is 4.70. The van der Waals surface area contributed by atoms with Crippen molar-refractivity contribution in [2.24, 2.45) is 0 Å². The first-order valence-electron chi connectivity index (χ1n) is 9.54. The van der Waals surface area contributed by atoms with Gasteiger partial charge in [0.1, 0.15) is 0 Å². The van der Waals surface area contributed by atoms with Crippen molar-refractivity contribution in [1.82, 2.24) is 4.72 Å². The predicted octanol–water partition coefficient (Wildman–Crippen LogP) is 4.22. The van der Waals surface area contributed by atoms with Gasteiger partial charge in [0.25, 0.3) is 0 Å². The molecule has 0 amide bonds. The van der Waals surface area contributed by atoms with Gasteiger partial charge in [-0.2, -0.15) is 0 Å². The summed E-state index contributed by atoms with van der Waals surface area (Å²) in [5.41, 5.74) is 3.41. The van der Waals surface area contributed by atoms with Crippen LogP contribution in [0.15, 0.2) is 77.7 Å². The van der Waals surface area contributed by atoms with E-state index in [4.69, 9.17) is 9.47 Å². The smallest absolute Gasteiger partial charge is 0.240 e. The molecule has 0 bridgehead atoms. The van der Waals surface area contributed by atoms with Crippen LogP contribution in [0.1, 0.15) is 29.0 Å². The maximum atomic E-state index is 12.6. The zero-order valence-electron chi connectivity index (χ0n) is 16.2. The molecule has 6 heteroatoms. The van der Waals surface area contributed by atoms with Crippen LogP contribution in [-0.4, -0.2) is 21.8 Å². The van der Waals surface area contributed by atoms with E-state index in [-0.39, 0.29) is 17.6 Å². The molecule has 0 radical (unpaired) electrons. The Morgan fingerprint density at radius 2 is 1.66 bits per heavy atom. The highest BCUT2D eigenvalue weighted by Gasteiger charge is 2.21. The summed E-state index contributed by atoms with van der Waals surface area (Å²) in [6.45, 7) is 2.62. The predicted molar refractivity (Wildman–Crippen MR) is 112 cm³/mol. The highest BCUT2D eigenvalue weighted by molar-refractivity contribution is 7.89. The van der Waals surface area contributed by atoms with Crippen LogP contribution in [0.5, 0.6) is 11.5 Å². The molecule has 1 atom stereocenters. The van der Waals surface area contributed by atoms with E-state index in [0.29, 0.717) is 13.0 Å². The van der Waals surface area contributed by atoms with E-state index in [0.717, 1.165) is 17.1 Å². The van der Waals surface area contributed by atoms with Crippen molar-refractivity contribution in [2.75, 3.05) is 13.3 Å². The van der Waals surface area contributed by atoms with Gasteiger partial charge in [-0.25, -0.2) is 13.1 Å². The topological polar surface area (TPSA) is 64.6 Å². The Balaban J connectivity index is 1.57. The molecule has 1 aliphatic heterocycles. The Hall–Kier alpha value is -2.83. The molecular formula is C23H23NO4S. The van der Waals surface area contributed by atoms with Crippen molar-refractivity contribution in [3.8, 4) is 11.5 Å². The summed E-state index contributed by atoms with van der Waals surface area (Å²) in [5.74, 6) is 1.50. The van der Waals surface area contributed by atoms with Gasteiger partial charge >= 0.3 is 0 Å². The number of ether oxygens (including phenoxy) is 2. The van der Waals surface area contributed by atoms with Crippen molar-refractivity contribution >= 4 is 10.0 Å². The standard InChI is InChI=1S/C23H23NO4S/c1-17-7-5-6-10-20(17)21(18-11-12-22-23(15-18)28-16-27-22)13-14-24-29(25,26)19-8-3-2-4-9-19/h2-12,15,21,24H,13-14,16H2,1H3. The van der Waals surface area contributed by atoms with Crippen molar-refractivity contribution in [2.45, 2.75) is 24.2 Å². The monoisotopic (exact) mass is 409 g/mol. The van der Waals surface area contributed by atoms with Gasteiger partial charge in [-0.15, -0.1) is 0 Å². The minimum absolute atomic E-state index is 0.0316. The Kier molecular flexibility index (Phi) is 5.56. The van der Waals surface area contributed by atoms with E-state index in [9.17, 15) is 8.42 Å². The summed E-state index contributed by atoms with van der Waals surface area (Å²) >= 11 is 0. The van der Waals surface area contributed by atoms with Crippen molar-refractivity contribution < 1.29 is 17.9 Å². The average Bonchev–Trinajstić information content (AvgIpc) is 3.20. The lowest BCUT2D eigenvalue weighted by atomic mass is 9.86. The highest BCUT2D eigenvalue weighted by atomic mass is 32.2. The molecule has 4 rings (SSSR count). The fraction of sp³-hybridized carbons (Fsp3) is 0.217. The first kappa shape index (κ1) is 19.5. The second-order valence-corrected chi connectivity index (χ2v) is 8.79. The molecule has 3 aromatic rings. The molecule has 0 aromatic heterocycles. The summed E-state index contributed by atoms with van der Waals surface area (Å²) < 4.78 is 38.8. The van der Waals surface area contributed by atoms with Gasteiger partial charge < -0.3 is 9.47 Å². The summed E-state index contributed by atoms with van der Waals surface area (Å²) in [6.07, 6.45) is 0.622. The second kappa shape index (κ2) is 8.27. The van der Waals surface area contributed by atoms with E-state index in [1.807, 2.05) is 30.3 Å². The van der Waals surface area contributed by atoms with E-state index in [1.54, 1.807) is 30.3 Å². The van der Waals surface area contributed by atoms with Crippen molar-refractivity contribution in [3.63, 3.8) is 0 Å². The molecule has 0 spiro atoms. The van der Waals surface area contributed by atoms with Gasteiger partial charge in [0, 0.05) is 12.5 Å². The number of rotatable bonds is 7. The molecule has 150 valence electrons. The van der Waals surface area contributed by atoms with Gasteiger partial charge in [0.2, 0.25) is 16.8 Å². The van der Waals surface area contributed by atoms with Gasteiger partial charge in [0.15, 0.2) is 11.5 Å². The Labute approximate surface area is 171 Å². The molecule has 1 unspecified atom stereocenters. The quantitative estimate of drug-likeness (QED) is 0.634. The molecular weight excluding hydrogens is 386 g/mol. The van der Waals surface area contributed by atoms with Crippen LogP contribution in [-0.2, 0) is 10.0 Å². The van der Waals surface area contributed by atoms with E-state index >= 15 is 0 Å². The zero-order chi connectivity index (χ0) is 20.3. The van der Waals surface area contributed by atoms with Gasteiger partial charge in [-0.1, -0.05) is 48.5 Å². The molecule has 29 heavy (non-hydrogen) atoms. The van der Waals surface area contributed by atoms with Crippen LogP contribution < -0.4 is 14.2 Å². The number of hydrogen-bond donors (Lipinski definition) is 1. The molecule has 0 aliphatic carbocycles. The van der Waals surface area contributed by atoms with Gasteiger partial charge in [-0.05, 0) is 54.3 Å².